The molecule has 2 atom stereocenters. The number of hydrogen-bond acceptors (Lipinski definition) is 7. The van der Waals surface area contributed by atoms with Gasteiger partial charge in [0.2, 0.25) is 0 Å². The Morgan fingerprint density at radius 3 is 1.87 bits per heavy atom. The van der Waals surface area contributed by atoms with E-state index in [-0.39, 0.29) is 19.6 Å². The van der Waals surface area contributed by atoms with Gasteiger partial charge in [0, 0.05) is 0 Å². The van der Waals surface area contributed by atoms with E-state index in [2.05, 4.69) is 14.2 Å². The molecule has 0 fully saturated rings. The summed E-state index contributed by atoms with van der Waals surface area (Å²) in [5, 5.41) is 33.7. The highest BCUT2D eigenvalue weighted by Crippen LogP contribution is 2.16. The zero-order valence-corrected chi connectivity index (χ0v) is 12.5. The summed E-state index contributed by atoms with van der Waals surface area (Å²) in [4.78, 5) is 0. The van der Waals surface area contributed by atoms with Crippen molar-refractivity contribution in [1.29, 1.82) is 0 Å². The van der Waals surface area contributed by atoms with Crippen molar-refractivity contribution in [2.75, 3.05) is 53.2 Å². The van der Waals surface area contributed by atoms with Crippen molar-refractivity contribution in [3.63, 3.8) is 0 Å². The Labute approximate surface area is 131 Å². The fourth-order valence-corrected chi connectivity index (χ4v) is 0.917. The fourth-order valence-electron chi connectivity index (χ4n) is 0.917. The first kappa shape index (κ1) is 24.7. The van der Waals surface area contributed by atoms with Gasteiger partial charge in [0.15, 0.2) is 6.86 Å². The van der Waals surface area contributed by atoms with Crippen LogP contribution in [0.3, 0.4) is 0 Å². The summed E-state index contributed by atoms with van der Waals surface area (Å²) in [5.74, 6) is 0. The summed E-state index contributed by atoms with van der Waals surface area (Å²) >= 11 is 0. The van der Waals surface area contributed by atoms with Crippen LogP contribution in [0.2, 0.25) is 0 Å². The maximum Gasteiger partial charge on any atom is 0.379 e. The predicted octanol–water partition coefficient (Wildman–Crippen LogP) is -0.392. The number of aliphatic hydroxyl groups is 4. The summed E-state index contributed by atoms with van der Waals surface area (Å²) < 4.78 is 60.6. The zero-order valence-electron chi connectivity index (χ0n) is 12.5. The molecule has 0 aliphatic rings. The van der Waals surface area contributed by atoms with Gasteiger partial charge >= 0.3 is 6.11 Å². The number of rotatable bonds is 13. The van der Waals surface area contributed by atoms with Crippen LogP contribution in [0.25, 0.3) is 0 Å². The van der Waals surface area contributed by atoms with Gasteiger partial charge in [-0.25, -0.2) is 4.39 Å². The van der Waals surface area contributed by atoms with Crippen molar-refractivity contribution in [3.8, 4) is 0 Å². The average Bonchev–Trinajstić information content (AvgIpc) is 2.52. The van der Waals surface area contributed by atoms with E-state index in [0.29, 0.717) is 0 Å². The van der Waals surface area contributed by atoms with E-state index < -0.39 is 58.3 Å². The van der Waals surface area contributed by atoms with Crippen LogP contribution in [0.4, 0.5) is 17.6 Å². The summed E-state index contributed by atoms with van der Waals surface area (Å²) in [7, 11) is 0. The second-order valence-corrected chi connectivity index (χ2v) is 4.20. The molecule has 7 nitrogen and oxygen atoms in total. The molecule has 23 heavy (non-hydrogen) atoms. The highest BCUT2D eigenvalue weighted by molar-refractivity contribution is 4.54. The van der Waals surface area contributed by atoms with Crippen molar-refractivity contribution in [1.82, 2.24) is 0 Å². The van der Waals surface area contributed by atoms with Crippen LogP contribution < -0.4 is 0 Å². The Kier molecular flexibility index (Phi) is 17.5. The molecule has 0 aromatic rings. The van der Waals surface area contributed by atoms with E-state index in [9.17, 15) is 17.6 Å². The van der Waals surface area contributed by atoms with E-state index in [1.165, 1.54) is 0 Å². The summed E-state index contributed by atoms with van der Waals surface area (Å²) in [6.07, 6.45) is -5.74. The largest absolute Gasteiger partial charge is 0.394 e. The number of aliphatic hydroxyl groups excluding tert-OH is 4. The molecule has 0 amide bonds. The molecule has 0 spiro atoms. The maximum atomic E-state index is 12.7. The van der Waals surface area contributed by atoms with Crippen LogP contribution in [0.5, 0.6) is 0 Å². The minimum atomic E-state index is -3.50. The van der Waals surface area contributed by atoms with Crippen molar-refractivity contribution in [3.05, 3.63) is 0 Å². The lowest BCUT2D eigenvalue weighted by atomic mass is 10.4. The smallest absolute Gasteiger partial charge is 0.379 e. The summed E-state index contributed by atoms with van der Waals surface area (Å²) in [6, 6.07) is 0. The number of hydrogen-bond donors (Lipinski definition) is 4. The van der Waals surface area contributed by atoms with E-state index in [1.807, 2.05) is 0 Å². The molecule has 2 unspecified atom stereocenters. The van der Waals surface area contributed by atoms with Crippen LogP contribution in [0.1, 0.15) is 6.42 Å². The lowest BCUT2D eigenvalue weighted by Gasteiger charge is -2.17. The molecule has 0 bridgehead atoms. The third-order valence-corrected chi connectivity index (χ3v) is 1.98. The molecule has 0 aliphatic heterocycles. The normalized spacial score (nSPS) is 14.1. The van der Waals surface area contributed by atoms with Crippen LogP contribution >= 0.6 is 0 Å². The first-order valence-corrected chi connectivity index (χ1v) is 6.70. The molecule has 11 heteroatoms. The summed E-state index contributed by atoms with van der Waals surface area (Å²) in [6.45, 7) is -4.57. The molecular formula is C12H24F4O7. The topological polar surface area (TPSA) is 109 Å². The molecule has 0 aromatic carbocycles. The molecule has 0 radical (unpaired) electrons. The van der Waals surface area contributed by atoms with E-state index >= 15 is 0 Å². The minimum Gasteiger partial charge on any atom is -0.394 e. The number of halogens is 4. The Morgan fingerprint density at radius 2 is 1.43 bits per heavy atom. The number of alkyl halides is 4. The third-order valence-electron chi connectivity index (χ3n) is 1.98. The van der Waals surface area contributed by atoms with Crippen LogP contribution in [0, 0.1) is 0 Å². The molecule has 0 aromatic heterocycles. The highest BCUT2D eigenvalue weighted by Gasteiger charge is 2.30. The Balaban J connectivity index is 0. The Bertz CT molecular complexity index is 249. The van der Waals surface area contributed by atoms with Crippen LogP contribution in [-0.4, -0.2) is 91.9 Å². The Morgan fingerprint density at radius 1 is 0.913 bits per heavy atom. The lowest BCUT2D eigenvalue weighted by molar-refractivity contribution is -0.267. The standard InChI is InChI=1S/C8H15F3O4.C4H9FO3/c9-2-1-3-15-8(10,11)6-14-5-7(13)4-12;5-3-8-2-4(7)1-6/h7,12-13H,1-6H2;4,6-7H,1-3H2. The van der Waals surface area contributed by atoms with E-state index in [4.69, 9.17) is 20.4 Å². The third kappa shape index (κ3) is 19.4. The van der Waals surface area contributed by atoms with Gasteiger partial charge < -0.3 is 34.6 Å². The molecule has 0 saturated carbocycles. The van der Waals surface area contributed by atoms with Gasteiger partial charge in [0.05, 0.1) is 39.7 Å². The van der Waals surface area contributed by atoms with Gasteiger partial charge in [-0.2, -0.15) is 8.78 Å². The van der Waals surface area contributed by atoms with Crippen molar-refractivity contribution in [2.45, 2.75) is 24.7 Å². The Hall–Kier alpha value is -0.560. The molecule has 0 rings (SSSR count). The van der Waals surface area contributed by atoms with Crippen LogP contribution in [-0.2, 0) is 14.2 Å². The molecule has 142 valence electrons. The monoisotopic (exact) mass is 356 g/mol. The SMILES string of the molecule is OCC(O)COCC(F)(F)OCCCF.OCC(O)COCF. The average molecular weight is 356 g/mol. The van der Waals surface area contributed by atoms with Gasteiger partial charge in [0.1, 0.15) is 18.8 Å². The second-order valence-electron chi connectivity index (χ2n) is 4.20. The van der Waals surface area contributed by atoms with Gasteiger partial charge in [-0.05, 0) is 6.42 Å². The fraction of sp³-hybridized carbons (Fsp3) is 1.00. The van der Waals surface area contributed by atoms with Gasteiger partial charge in [-0.3, -0.25) is 4.39 Å². The van der Waals surface area contributed by atoms with E-state index in [0.717, 1.165) is 0 Å². The van der Waals surface area contributed by atoms with Gasteiger partial charge in [-0.15, -0.1) is 0 Å². The predicted molar refractivity (Wildman–Crippen MR) is 70.4 cm³/mol. The van der Waals surface area contributed by atoms with Gasteiger partial charge in [0.25, 0.3) is 0 Å². The van der Waals surface area contributed by atoms with Gasteiger partial charge in [-0.1, -0.05) is 0 Å². The van der Waals surface area contributed by atoms with Crippen molar-refractivity contribution in [2.24, 2.45) is 0 Å². The first-order chi connectivity index (χ1) is 10.8. The van der Waals surface area contributed by atoms with E-state index in [1.54, 1.807) is 0 Å². The summed E-state index contributed by atoms with van der Waals surface area (Å²) in [5.41, 5.74) is 0. The molecule has 4 N–H and O–H groups in total. The zero-order chi connectivity index (χ0) is 18.1. The molecule has 0 saturated heterocycles. The number of ether oxygens (including phenoxy) is 3. The molecular weight excluding hydrogens is 332 g/mol. The molecule has 0 heterocycles. The quantitative estimate of drug-likeness (QED) is 0.263. The van der Waals surface area contributed by atoms with Crippen molar-refractivity contribution >= 4 is 0 Å². The lowest BCUT2D eigenvalue weighted by Crippen LogP contribution is -2.31. The maximum absolute atomic E-state index is 12.7. The first-order valence-electron chi connectivity index (χ1n) is 6.70. The minimum absolute atomic E-state index is 0.102. The van der Waals surface area contributed by atoms with Crippen LogP contribution in [0.15, 0.2) is 0 Å². The van der Waals surface area contributed by atoms with Crippen molar-refractivity contribution < 1.29 is 52.2 Å². The second kappa shape index (κ2) is 16.3. The molecule has 0 aliphatic carbocycles. The highest BCUT2D eigenvalue weighted by atomic mass is 19.3.